The third-order valence-electron chi connectivity index (χ3n) is 4.03. The van der Waals surface area contributed by atoms with Crippen LogP contribution in [0.2, 0.25) is 0 Å². The van der Waals surface area contributed by atoms with Crippen LogP contribution in [0.4, 0.5) is 5.13 Å². The predicted molar refractivity (Wildman–Crippen MR) is 111 cm³/mol. The minimum Gasteiger partial charge on any atom is -0.467 e. The van der Waals surface area contributed by atoms with Gasteiger partial charge in [-0.2, -0.15) is 0 Å². The molecule has 2 heterocycles. The van der Waals surface area contributed by atoms with E-state index in [9.17, 15) is 24.0 Å². The number of esters is 2. The molecule has 0 aromatic carbocycles. The first-order valence-corrected chi connectivity index (χ1v) is 10.3. The van der Waals surface area contributed by atoms with Gasteiger partial charge in [0.05, 0.1) is 14.2 Å². The van der Waals surface area contributed by atoms with Gasteiger partial charge in [0.1, 0.15) is 17.6 Å². The topological polar surface area (TPSA) is 174 Å². The molecule has 2 unspecified atom stereocenters. The van der Waals surface area contributed by atoms with E-state index in [1.807, 2.05) is 0 Å². The van der Waals surface area contributed by atoms with Crippen LogP contribution >= 0.6 is 22.9 Å². The van der Waals surface area contributed by atoms with Gasteiger partial charge in [-0.3, -0.25) is 14.4 Å². The summed E-state index contributed by atoms with van der Waals surface area (Å²) < 4.78 is 9.19. The Hall–Kier alpha value is -3.26. The van der Waals surface area contributed by atoms with Gasteiger partial charge in [0.25, 0.3) is 5.91 Å². The number of alkyl halides is 1. The van der Waals surface area contributed by atoms with Crippen molar-refractivity contribution in [3.8, 4) is 0 Å². The number of carbonyl (C=O) groups is 5. The molecule has 32 heavy (non-hydrogen) atoms. The van der Waals surface area contributed by atoms with Gasteiger partial charge in [-0.1, -0.05) is 5.16 Å². The second kappa shape index (κ2) is 10.4. The quantitative estimate of drug-likeness (QED) is 0.131. The monoisotopic (exact) mass is 489 g/mol. The zero-order valence-electron chi connectivity index (χ0n) is 17.4. The van der Waals surface area contributed by atoms with E-state index in [4.69, 9.17) is 16.4 Å². The van der Waals surface area contributed by atoms with Crippen LogP contribution in [0, 0.1) is 0 Å². The molecule has 2 atom stereocenters. The lowest BCUT2D eigenvalue weighted by Crippen LogP contribution is -2.72. The summed E-state index contributed by atoms with van der Waals surface area (Å²) in [5.41, 5.74) is -2.02. The van der Waals surface area contributed by atoms with Crippen molar-refractivity contribution in [3.63, 3.8) is 0 Å². The molecule has 0 spiro atoms. The van der Waals surface area contributed by atoms with Crippen LogP contribution in [0.1, 0.15) is 19.5 Å². The third-order valence-corrected chi connectivity index (χ3v) is 5.03. The SMILES string of the molecule is COC(=O)C1NC(=O)C1NC(=O)C(=NOC(C)(C)C(=O)OC)c1csc(NC(=O)CCl)n1. The van der Waals surface area contributed by atoms with Gasteiger partial charge in [0, 0.05) is 5.38 Å². The Bertz CT molecular complexity index is 962. The number of hydrogen-bond acceptors (Lipinski definition) is 11. The minimum absolute atomic E-state index is 0.0348. The van der Waals surface area contributed by atoms with E-state index < -0.39 is 53.1 Å². The Labute approximate surface area is 190 Å². The van der Waals surface area contributed by atoms with Crippen molar-refractivity contribution in [1.29, 1.82) is 0 Å². The molecule has 1 saturated heterocycles. The molecule has 0 saturated carbocycles. The van der Waals surface area contributed by atoms with E-state index in [2.05, 4.69) is 35.6 Å². The van der Waals surface area contributed by atoms with Gasteiger partial charge < -0.3 is 30.3 Å². The summed E-state index contributed by atoms with van der Waals surface area (Å²) in [6, 6.07) is -2.30. The molecular formula is C17H20ClN5O8S. The number of halogens is 1. The van der Waals surface area contributed by atoms with E-state index in [0.717, 1.165) is 25.6 Å². The first-order chi connectivity index (χ1) is 15.0. The first kappa shape index (κ1) is 25.0. The molecule has 1 fully saturated rings. The summed E-state index contributed by atoms with van der Waals surface area (Å²) in [4.78, 5) is 69.0. The molecule has 1 aliphatic heterocycles. The maximum Gasteiger partial charge on any atom is 0.352 e. The molecule has 174 valence electrons. The number of thiazole rings is 1. The van der Waals surface area contributed by atoms with Gasteiger partial charge in [0.15, 0.2) is 16.9 Å². The zero-order valence-corrected chi connectivity index (χ0v) is 19.0. The van der Waals surface area contributed by atoms with Crippen LogP contribution < -0.4 is 16.0 Å². The highest BCUT2D eigenvalue weighted by atomic mass is 35.5. The molecular weight excluding hydrogens is 470 g/mol. The number of anilines is 1. The number of nitrogens with zero attached hydrogens (tertiary/aromatic N) is 2. The van der Waals surface area contributed by atoms with Crippen LogP contribution in [0.3, 0.4) is 0 Å². The molecule has 0 radical (unpaired) electrons. The number of methoxy groups -OCH3 is 2. The fourth-order valence-electron chi connectivity index (χ4n) is 2.30. The molecule has 0 bridgehead atoms. The average molecular weight is 490 g/mol. The van der Waals surface area contributed by atoms with Crippen LogP contribution in [-0.2, 0) is 38.3 Å². The summed E-state index contributed by atoms with van der Waals surface area (Å²) in [5.74, 6) is -3.89. The van der Waals surface area contributed by atoms with Crippen LogP contribution in [-0.4, -0.2) is 78.1 Å². The fraction of sp³-hybridized carbons (Fsp3) is 0.471. The molecule has 1 aromatic heterocycles. The van der Waals surface area contributed by atoms with E-state index in [0.29, 0.717) is 0 Å². The molecule has 13 nitrogen and oxygen atoms in total. The molecule has 0 aliphatic carbocycles. The van der Waals surface area contributed by atoms with Crippen LogP contribution in [0.15, 0.2) is 10.5 Å². The molecule has 1 aromatic rings. The van der Waals surface area contributed by atoms with E-state index >= 15 is 0 Å². The normalized spacial score (nSPS) is 18.0. The Morgan fingerprint density at radius 3 is 2.53 bits per heavy atom. The summed E-state index contributed by atoms with van der Waals surface area (Å²) in [6.07, 6.45) is 0. The second-order valence-electron chi connectivity index (χ2n) is 6.71. The van der Waals surface area contributed by atoms with Crippen LogP contribution in [0.25, 0.3) is 0 Å². The zero-order chi connectivity index (χ0) is 24.1. The summed E-state index contributed by atoms with van der Waals surface area (Å²) >= 11 is 6.42. The lowest BCUT2D eigenvalue weighted by atomic mass is 9.99. The van der Waals surface area contributed by atoms with Gasteiger partial charge in [0.2, 0.25) is 17.4 Å². The summed E-state index contributed by atoms with van der Waals surface area (Å²) in [5, 5.41) is 12.3. The number of hydrogen-bond donors (Lipinski definition) is 3. The standard InChI is InChI=1S/C17H20ClN5O8S/c1-17(2,15(28)30-4)31-23-9(7-6-32-16(19-7)20-8(24)5-18)12(25)21-10-11(14(27)29-3)22-13(10)26/h6,10-11H,5H2,1-4H3,(H,21,25)(H,22,26)(H,19,20,24). The number of oxime groups is 1. The van der Waals surface area contributed by atoms with E-state index in [1.165, 1.54) is 19.2 Å². The van der Waals surface area contributed by atoms with Crippen molar-refractivity contribution >= 4 is 63.4 Å². The Morgan fingerprint density at radius 1 is 1.28 bits per heavy atom. The number of ether oxygens (including phenoxy) is 2. The van der Waals surface area contributed by atoms with Crippen molar-refractivity contribution in [3.05, 3.63) is 11.1 Å². The lowest BCUT2D eigenvalue weighted by molar-refractivity contribution is -0.165. The van der Waals surface area contributed by atoms with E-state index in [1.54, 1.807) is 0 Å². The highest BCUT2D eigenvalue weighted by molar-refractivity contribution is 7.14. The maximum absolute atomic E-state index is 12.9. The second-order valence-corrected chi connectivity index (χ2v) is 7.84. The minimum atomic E-state index is -1.56. The molecule has 15 heteroatoms. The number of amides is 3. The predicted octanol–water partition coefficient (Wildman–Crippen LogP) is -0.851. The van der Waals surface area contributed by atoms with Gasteiger partial charge in [-0.05, 0) is 13.8 Å². The maximum atomic E-state index is 12.9. The highest BCUT2D eigenvalue weighted by Gasteiger charge is 2.46. The van der Waals surface area contributed by atoms with Gasteiger partial charge in [-0.25, -0.2) is 14.6 Å². The van der Waals surface area contributed by atoms with Crippen LogP contribution in [0.5, 0.6) is 0 Å². The smallest absolute Gasteiger partial charge is 0.352 e. The van der Waals surface area contributed by atoms with Crippen molar-refractivity contribution in [2.45, 2.75) is 31.5 Å². The number of β-lactam (4-membered cyclic amide) rings is 1. The lowest BCUT2D eigenvalue weighted by Gasteiger charge is -2.34. The molecule has 1 aliphatic rings. The van der Waals surface area contributed by atoms with Crippen molar-refractivity contribution < 1.29 is 38.3 Å². The van der Waals surface area contributed by atoms with Gasteiger partial charge >= 0.3 is 11.9 Å². The Balaban J connectivity index is 2.31. The van der Waals surface area contributed by atoms with Crippen molar-refractivity contribution in [1.82, 2.24) is 15.6 Å². The van der Waals surface area contributed by atoms with E-state index in [-0.39, 0.29) is 16.7 Å². The average Bonchev–Trinajstić information content (AvgIpc) is 3.22. The fourth-order valence-corrected chi connectivity index (χ4v) is 3.08. The number of nitrogens with one attached hydrogen (secondary N) is 3. The van der Waals surface area contributed by atoms with Crippen molar-refractivity contribution in [2.75, 3.05) is 25.4 Å². The number of rotatable bonds is 9. The highest BCUT2D eigenvalue weighted by Crippen LogP contribution is 2.19. The molecule has 3 N–H and O–H groups in total. The third kappa shape index (κ3) is 5.70. The molecule has 2 rings (SSSR count). The number of aromatic nitrogens is 1. The summed E-state index contributed by atoms with van der Waals surface area (Å²) in [6.45, 7) is 2.72. The first-order valence-electron chi connectivity index (χ1n) is 8.89. The van der Waals surface area contributed by atoms with Gasteiger partial charge in [-0.15, -0.1) is 22.9 Å². The Kier molecular flexibility index (Phi) is 8.10. The molecule has 3 amide bonds. The van der Waals surface area contributed by atoms with Crippen molar-refractivity contribution in [2.24, 2.45) is 5.16 Å². The Morgan fingerprint density at radius 2 is 1.97 bits per heavy atom. The number of carbonyl (C=O) groups excluding carboxylic acids is 5. The largest absolute Gasteiger partial charge is 0.467 e. The summed E-state index contributed by atoms with van der Waals surface area (Å²) in [7, 11) is 2.28.